The fourth-order valence-corrected chi connectivity index (χ4v) is 9.19. The number of fused-ring (bicyclic) bond motifs is 6. The molecule has 1 N–H and O–H groups in total. The third-order valence-corrected chi connectivity index (χ3v) is 11.5. The van der Waals surface area contributed by atoms with Crippen molar-refractivity contribution in [2.45, 2.75) is 56.0 Å². The van der Waals surface area contributed by atoms with Crippen LogP contribution in [0.5, 0.6) is 0 Å². The summed E-state index contributed by atoms with van der Waals surface area (Å²) >= 11 is 0. The van der Waals surface area contributed by atoms with E-state index in [4.69, 9.17) is 0 Å². The van der Waals surface area contributed by atoms with E-state index in [1.165, 1.54) is 67.2 Å². The molecule has 4 unspecified atom stereocenters. The Hall–Kier alpha value is -5.54. The van der Waals surface area contributed by atoms with E-state index < -0.39 is 0 Å². The fourth-order valence-electron chi connectivity index (χ4n) is 9.19. The van der Waals surface area contributed by atoms with Gasteiger partial charge in [-0.3, -0.25) is 0 Å². The summed E-state index contributed by atoms with van der Waals surface area (Å²) in [5, 5.41) is 5.49. The average molecular weight is 648 g/mol. The fraction of sp³-hybridized carbons (Fsp3) is 0.191. The molecule has 3 heteroatoms. The molecule has 5 aromatic rings. The van der Waals surface area contributed by atoms with Crippen LogP contribution in [0.25, 0.3) is 33.8 Å². The number of anilines is 1. The zero-order valence-electron chi connectivity index (χ0n) is 28.3. The Morgan fingerprint density at radius 2 is 1.58 bits per heavy atom. The lowest BCUT2D eigenvalue weighted by Gasteiger charge is -2.40. The van der Waals surface area contributed by atoms with Crippen molar-refractivity contribution in [1.82, 2.24) is 9.88 Å². The number of hydrogen-bond acceptors (Lipinski definition) is 2. The number of para-hydroxylation sites is 2. The van der Waals surface area contributed by atoms with Crippen LogP contribution >= 0.6 is 0 Å². The topological polar surface area (TPSA) is 20.2 Å². The molecule has 0 spiro atoms. The second-order valence-electron chi connectivity index (χ2n) is 14.3. The van der Waals surface area contributed by atoms with Gasteiger partial charge in [-0.15, -0.1) is 0 Å². The lowest BCUT2D eigenvalue weighted by Crippen LogP contribution is -2.45. The van der Waals surface area contributed by atoms with Gasteiger partial charge in [0.15, 0.2) is 0 Å². The third kappa shape index (κ3) is 4.79. The van der Waals surface area contributed by atoms with E-state index in [0.29, 0.717) is 11.8 Å². The number of allylic oxidation sites excluding steroid dienone is 7. The van der Waals surface area contributed by atoms with Crippen molar-refractivity contribution in [3.8, 4) is 16.8 Å². The SMILES string of the molecule is C1=CCCC(C2CC(c3ccccc3)C=C(N3c4c(-c5ccc6c(c5)c5c(n6-c6ccccc6)C=CCC5)cccc4C4C=CC=CC43)N2)=C1. The summed E-state index contributed by atoms with van der Waals surface area (Å²) in [7, 11) is 0. The highest BCUT2D eigenvalue weighted by molar-refractivity contribution is 5.96. The van der Waals surface area contributed by atoms with Crippen LogP contribution in [0.3, 0.4) is 0 Å². The summed E-state index contributed by atoms with van der Waals surface area (Å²) in [5.74, 6) is 1.85. The highest BCUT2D eigenvalue weighted by Crippen LogP contribution is 2.51. The Morgan fingerprint density at radius 3 is 2.44 bits per heavy atom. The van der Waals surface area contributed by atoms with Gasteiger partial charge in [0.1, 0.15) is 5.82 Å². The monoisotopic (exact) mass is 647 g/mol. The number of nitrogens with one attached hydrogen (secondary N) is 1. The number of rotatable bonds is 5. The van der Waals surface area contributed by atoms with Crippen LogP contribution < -0.4 is 10.2 Å². The van der Waals surface area contributed by atoms with E-state index in [2.05, 4.69) is 173 Å². The minimum Gasteiger partial charge on any atom is -0.365 e. The van der Waals surface area contributed by atoms with Gasteiger partial charge < -0.3 is 14.8 Å². The van der Waals surface area contributed by atoms with Gasteiger partial charge in [-0.05, 0) is 96.3 Å². The number of benzene rings is 4. The molecule has 50 heavy (non-hydrogen) atoms. The van der Waals surface area contributed by atoms with Gasteiger partial charge in [0, 0.05) is 40.2 Å². The largest absolute Gasteiger partial charge is 0.365 e. The quantitative estimate of drug-likeness (QED) is 0.205. The van der Waals surface area contributed by atoms with E-state index in [-0.39, 0.29) is 12.1 Å². The molecular weight excluding hydrogens is 607 g/mol. The third-order valence-electron chi connectivity index (χ3n) is 11.5. The van der Waals surface area contributed by atoms with E-state index >= 15 is 0 Å². The second kappa shape index (κ2) is 12.1. The van der Waals surface area contributed by atoms with Crippen molar-refractivity contribution in [2.24, 2.45) is 0 Å². The van der Waals surface area contributed by atoms with Crippen LogP contribution in [0.4, 0.5) is 5.69 Å². The molecule has 244 valence electrons. The van der Waals surface area contributed by atoms with Gasteiger partial charge in [-0.25, -0.2) is 0 Å². The lowest BCUT2D eigenvalue weighted by atomic mass is 9.84. The van der Waals surface area contributed by atoms with Gasteiger partial charge in [0.05, 0.1) is 17.2 Å². The number of aromatic nitrogens is 1. The molecule has 5 aliphatic rings. The maximum absolute atomic E-state index is 4.13. The first-order valence-corrected chi connectivity index (χ1v) is 18.4. The first-order valence-electron chi connectivity index (χ1n) is 18.4. The van der Waals surface area contributed by atoms with Crippen molar-refractivity contribution >= 4 is 22.7 Å². The molecule has 0 saturated carbocycles. The van der Waals surface area contributed by atoms with Gasteiger partial charge in [-0.2, -0.15) is 0 Å². The summed E-state index contributed by atoms with van der Waals surface area (Å²) in [4.78, 5) is 2.65. The Balaban J connectivity index is 1.14. The van der Waals surface area contributed by atoms with Crippen molar-refractivity contribution in [3.63, 3.8) is 0 Å². The molecule has 4 aromatic carbocycles. The van der Waals surface area contributed by atoms with Crippen molar-refractivity contribution in [1.29, 1.82) is 0 Å². The van der Waals surface area contributed by atoms with Gasteiger partial charge in [0.25, 0.3) is 0 Å². The summed E-state index contributed by atoms with van der Waals surface area (Å²) < 4.78 is 2.45. The summed E-state index contributed by atoms with van der Waals surface area (Å²) in [6, 6.07) is 36.6. The van der Waals surface area contributed by atoms with Gasteiger partial charge >= 0.3 is 0 Å². The van der Waals surface area contributed by atoms with E-state index in [1.807, 2.05) is 0 Å². The zero-order valence-corrected chi connectivity index (χ0v) is 28.3. The van der Waals surface area contributed by atoms with Crippen LogP contribution in [0, 0.1) is 0 Å². The summed E-state index contributed by atoms with van der Waals surface area (Å²) in [6.45, 7) is 0. The molecular formula is C47H41N3. The van der Waals surface area contributed by atoms with E-state index in [1.54, 1.807) is 0 Å². The van der Waals surface area contributed by atoms with E-state index in [0.717, 1.165) is 32.1 Å². The van der Waals surface area contributed by atoms with Crippen LogP contribution in [-0.2, 0) is 6.42 Å². The average Bonchev–Trinajstić information content (AvgIpc) is 3.71. The Labute approximate surface area is 295 Å². The zero-order chi connectivity index (χ0) is 33.0. The Kier molecular flexibility index (Phi) is 7.11. The lowest BCUT2D eigenvalue weighted by molar-refractivity contribution is 0.493. The smallest absolute Gasteiger partial charge is 0.103 e. The highest BCUT2D eigenvalue weighted by atomic mass is 15.3. The predicted molar refractivity (Wildman–Crippen MR) is 209 cm³/mol. The first kappa shape index (κ1) is 29.4. The van der Waals surface area contributed by atoms with Crippen molar-refractivity contribution < 1.29 is 0 Å². The first-order chi connectivity index (χ1) is 24.8. The highest BCUT2D eigenvalue weighted by Gasteiger charge is 2.42. The van der Waals surface area contributed by atoms with Crippen LogP contribution in [-0.4, -0.2) is 16.7 Å². The molecule has 3 nitrogen and oxygen atoms in total. The second-order valence-corrected chi connectivity index (χ2v) is 14.3. The molecule has 10 rings (SSSR count). The molecule has 0 bridgehead atoms. The van der Waals surface area contributed by atoms with Crippen LogP contribution in [0.2, 0.25) is 0 Å². The molecule has 0 fully saturated rings. The molecule has 0 amide bonds. The molecule has 3 aliphatic carbocycles. The van der Waals surface area contributed by atoms with Crippen LogP contribution in [0.1, 0.15) is 59.9 Å². The number of aryl methyl sites for hydroxylation is 1. The van der Waals surface area contributed by atoms with E-state index in [9.17, 15) is 0 Å². The van der Waals surface area contributed by atoms with Gasteiger partial charge in [-0.1, -0.05) is 121 Å². The maximum Gasteiger partial charge on any atom is 0.103 e. The standard InChI is InChI=1S/C47H41N3/c1-4-15-32(16-5-1)35-30-42(33-17-6-2-7-18-33)48-46(31-35)50-44-26-13-10-21-38(44)40-24-14-23-37(47(40)50)34-27-28-45-41(29-34)39-22-11-12-25-43(39)49(45)36-19-8-3-9-20-36/h1-6,8-10,12-17,19-21,23-29,31,35,38,42,44,48H,7,11,18,22,30H2. The Bertz CT molecular complexity index is 2300. The molecule has 4 atom stereocenters. The van der Waals surface area contributed by atoms with Crippen molar-refractivity contribution in [2.75, 3.05) is 4.90 Å². The molecule has 0 saturated heterocycles. The molecule has 1 aromatic heterocycles. The molecule has 0 radical (unpaired) electrons. The van der Waals surface area contributed by atoms with Gasteiger partial charge in [0.2, 0.25) is 0 Å². The van der Waals surface area contributed by atoms with Crippen LogP contribution in [0.15, 0.2) is 163 Å². The predicted octanol–water partition coefficient (Wildman–Crippen LogP) is 10.9. The summed E-state index contributed by atoms with van der Waals surface area (Å²) in [5.41, 5.74) is 13.5. The molecule has 3 heterocycles. The number of hydrogen-bond donors (Lipinski definition) is 1. The summed E-state index contributed by atoms with van der Waals surface area (Å²) in [6.07, 6.45) is 28.8. The minimum absolute atomic E-state index is 0.214. The number of nitrogens with zero attached hydrogens (tertiary/aromatic N) is 2. The Morgan fingerprint density at radius 1 is 0.740 bits per heavy atom. The minimum atomic E-state index is 0.214. The normalized spacial score (nSPS) is 23.2. The molecule has 2 aliphatic heterocycles. The maximum atomic E-state index is 4.13. The van der Waals surface area contributed by atoms with Crippen molar-refractivity contribution in [3.05, 3.63) is 186 Å².